The van der Waals surface area contributed by atoms with Gasteiger partial charge in [-0.1, -0.05) is 0 Å². The van der Waals surface area contributed by atoms with Crippen LogP contribution in [0.25, 0.3) is 17.0 Å². The Kier molecular flexibility index (Phi) is 2.68. The first kappa shape index (κ1) is 11.7. The van der Waals surface area contributed by atoms with Crippen LogP contribution in [-0.4, -0.2) is 30.7 Å². The van der Waals surface area contributed by atoms with Crippen molar-refractivity contribution in [2.75, 3.05) is 6.54 Å². The van der Waals surface area contributed by atoms with Gasteiger partial charge in [0.15, 0.2) is 0 Å². The molecule has 0 saturated carbocycles. The molecule has 3 aromatic rings. The monoisotopic (exact) mass is 258 g/mol. The summed E-state index contributed by atoms with van der Waals surface area (Å²) in [6, 6.07) is 3.42. The van der Waals surface area contributed by atoms with Gasteiger partial charge in [-0.15, -0.1) is 0 Å². The van der Waals surface area contributed by atoms with E-state index in [-0.39, 0.29) is 5.56 Å². The average Bonchev–Trinajstić information content (AvgIpc) is 2.97. The maximum Gasteiger partial charge on any atom is 0.261 e. The molecule has 0 bridgehead atoms. The van der Waals surface area contributed by atoms with E-state index in [1.165, 1.54) is 10.5 Å². The molecule has 0 aliphatic heterocycles. The summed E-state index contributed by atoms with van der Waals surface area (Å²) in [6.07, 6.45) is 4.35. The summed E-state index contributed by atoms with van der Waals surface area (Å²) in [7, 11) is 1.92. The quantitative estimate of drug-likeness (QED) is 0.687. The number of H-pyrrole nitrogens is 1. The van der Waals surface area contributed by atoms with E-state index < -0.39 is 0 Å². The van der Waals surface area contributed by atoms with Crippen LogP contribution >= 0.6 is 0 Å². The highest BCUT2D eigenvalue weighted by molar-refractivity contribution is 5.59. The molecular formula is C12H14N6O. The molecule has 7 nitrogen and oxygen atoms in total. The Hall–Kier alpha value is -2.41. The molecule has 0 spiro atoms. The van der Waals surface area contributed by atoms with Crippen LogP contribution in [0.5, 0.6) is 0 Å². The van der Waals surface area contributed by atoms with Crippen LogP contribution in [0.15, 0.2) is 29.3 Å². The second-order valence-electron chi connectivity index (χ2n) is 4.38. The van der Waals surface area contributed by atoms with Gasteiger partial charge in [0.05, 0.1) is 5.69 Å². The van der Waals surface area contributed by atoms with Crippen LogP contribution in [0, 0.1) is 0 Å². The molecule has 3 aromatic heterocycles. The number of aromatic amines is 1. The van der Waals surface area contributed by atoms with Gasteiger partial charge in [0, 0.05) is 37.5 Å². The lowest BCUT2D eigenvalue weighted by molar-refractivity contribution is 0.836. The highest BCUT2D eigenvalue weighted by Gasteiger charge is 2.11. The topological polar surface area (TPSA) is 94.0 Å². The van der Waals surface area contributed by atoms with Crippen molar-refractivity contribution < 1.29 is 0 Å². The molecule has 7 heteroatoms. The second-order valence-corrected chi connectivity index (χ2v) is 4.38. The van der Waals surface area contributed by atoms with Crippen molar-refractivity contribution in [2.45, 2.75) is 6.42 Å². The molecule has 3 heterocycles. The molecule has 3 rings (SSSR count). The highest BCUT2D eigenvalue weighted by Crippen LogP contribution is 2.15. The second kappa shape index (κ2) is 4.36. The van der Waals surface area contributed by atoms with Crippen molar-refractivity contribution in [1.82, 2.24) is 24.1 Å². The molecular weight excluding hydrogens is 244 g/mol. The van der Waals surface area contributed by atoms with Gasteiger partial charge < -0.3 is 10.3 Å². The van der Waals surface area contributed by atoms with E-state index >= 15 is 0 Å². The first-order chi connectivity index (χ1) is 9.19. The number of hydrogen-bond acceptors (Lipinski definition) is 4. The zero-order valence-corrected chi connectivity index (χ0v) is 10.5. The van der Waals surface area contributed by atoms with Crippen LogP contribution in [-0.2, 0) is 13.5 Å². The number of nitrogens with two attached hydrogens (primary N) is 1. The van der Waals surface area contributed by atoms with Crippen LogP contribution < -0.4 is 11.3 Å². The van der Waals surface area contributed by atoms with Crippen LogP contribution in [0.1, 0.15) is 5.82 Å². The summed E-state index contributed by atoms with van der Waals surface area (Å²) in [4.78, 5) is 16.6. The van der Waals surface area contributed by atoms with Gasteiger partial charge in [-0.3, -0.25) is 4.79 Å². The molecule has 0 fully saturated rings. The summed E-state index contributed by atoms with van der Waals surface area (Å²) < 4.78 is 3.37. The third-order valence-electron chi connectivity index (χ3n) is 2.96. The Bertz CT molecular complexity index is 781. The van der Waals surface area contributed by atoms with E-state index in [9.17, 15) is 4.79 Å². The van der Waals surface area contributed by atoms with Crippen molar-refractivity contribution in [2.24, 2.45) is 12.8 Å². The molecule has 0 aromatic carbocycles. The molecule has 0 unspecified atom stereocenters. The predicted octanol–water partition coefficient (Wildman–Crippen LogP) is -0.0757. The minimum atomic E-state index is -0.152. The summed E-state index contributed by atoms with van der Waals surface area (Å²) in [5.41, 5.74) is 6.87. The molecule has 0 atom stereocenters. The fourth-order valence-corrected chi connectivity index (χ4v) is 2.07. The first-order valence-electron chi connectivity index (χ1n) is 5.98. The fourth-order valence-electron chi connectivity index (χ4n) is 2.07. The number of hydrogen-bond donors (Lipinski definition) is 2. The lowest BCUT2D eigenvalue weighted by Crippen LogP contribution is -2.17. The zero-order valence-electron chi connectivity index (χ0n) is 10.5. The SMILES string of the molecule is Cn1ccc(-c2cc(=O)n3c(CCN)n[nH]c3n2)c1. The Balaban J connectivity index is 2.18. The van der Waals surface area contributed by atoms with Crippen molar-refractivity contribution in [3.8, 4) is 11.3 Å². The summed E-state index contributed by atoms with van der Waals surface area (Å²) >= 11 is 0. The predicted molar refractivity (Wildman–Crippen MR) is 70.8 cm³/mol. The van der Waals surface area contributed by atoms with Gasteiger partial charge in [0.2, 0.25) is 5.78 Å². The van der Waals surface area contributed by atoms with Crippen molar-refractivity contribution in [3.63, 3.8) is 0 Å². The molecule has 19 heavy (non-hydrogen) atoms. The van der Waals surface area contributed by atoms with Gasteiger partial charge in [0.1, 0.15) is 5.82 Å². The molecule has 0 saturated heterocycles. The molecule has 98 valence electrons. The summed E-state index contributed by atoms with van der Waals surface area (Å²) in [6.45, 7) is 0.437. The normalized spacial score (nSPS) is 11.3. The molecule has 0 amide bonds. The minimum Gasteiger partial charge on any atom is -0.357 e. The van der Waals surface area contributed by atoms with E-state index in [1.54, 1.807) is 0 Å². The molecule has 3 N–H and O–H groups in total. The van der Waals surface area contributed by atoms with Gasteiger partial charge in [0.25, 0.3) is 5.56 Å². The third-order valence-corrected chi connectivity index (χ3v) is 2.96. The standard InChI is InChI=1S/C12H14N6O/c1-17-5-3-8(7-17)9-6-11(19)18-10(2-4-13)15-16-12(18)14-9/h3,5-7H,2,4,13H2,1H3,(H,14,16). The maximum atomic E-state index is 12.2. The van der Waals surface area contributed by atoms with E-state index in [1.807, 2.05) is 30.1 Å². The number of rotatable bonds is 3. The fraction of sp³-hybridized carbons (Fsp3) is 0.250. The number of fused-ring (bicyclic) bond motifs is 1. The molecule has 0 aliphatic rings. The average molecular weight is 258 g/mol. The van der Waals surface area contributed by atoms with Crippen LogP contribution in [0.3, 0.4) is 0 Å². The van der Waals surface area contributed by atoms with Crippen LogP contribution in [0.4, 0.5) is 0 Å². The third kappa shape index (κ3) is 1.93. The number of aromatic nitrogens is 5. The van der Waals surface area contributed by atoms with Crippen molar-refractivity contribution in [1.29, 1.82) is 0 Å². The minimum absolute atomic E-state index is 0.152. The van der Waals surface area contributed by atoms with Gasteiger partial charge in [-0.2, -0.15) is 5.10 Å². The number of nitrogens with zero attached hydrogens (tertiary/aromatic N) is 4. The van der Waals surface area contributed by atoms with E-state index in [2.05, 4.69) is 15.2 Å². The zero-order chi connectivity index (χ0) is 13.4. The smallest absolute Gasteiger partial charge is 0.261 e. The van der Waals surface area contributed by atoms with Crippen LogP contribution in [0.2, 0.25) is 0 Å². The Labute approximate surface area is 108 Å². The molecule has 0 aliphatic carbocycles. The van der Waals surface area contributed by atoms with Gasteiger partial charge in [-0.05, 0) is 12.6 Å². The van der Waals surface area contributed by atoms with Crippen molar-refractivity contribution in [3.05, 3.63) is 40.7 Å². The number of aryl methyl sites for hydroxylation is 1. The highest BCUT2D eigenvalue weighted by atomic mass is 16.1. The maximum absolute atomic E-state index is 12.2. The number of nitrogens with one attached hydrogen (secondary N) is 1. The summed E-state index contributed by atoms with van der Waals surface area (Å²) in [5, 5.41) is 6.85. The van der Waals surface area contributed by atoms with Gasteiger partial charge in [-0.25, -0.2) is 14.5 Å². The molecule has 0 radical (unpaired) electrons. The largest absolute Gasteiger partial charge is 0.357 e. The van der Waals surface area contributed by atoms with E-state index in [0.29, 0.717) is 30.3 Å². The Morgan fingerprint density at radius 2 is 2.32 bits per heavy atom. The van der Waals surface area contributed by atoms with E-state index in [4.69, 9.17) is 5.73 Å². The first-order valence-corrected chi connectivity index (χ1v) is 5.98. The Morgan fingerprint density at radius 3 is 3.00 bits per heavy atom. The lowest BCUT2D eigenvalue weighted by Gasteiger charge is -1.99. The Morgan fingerprint density at radius 1 is 1.47 bits per heavy atom. The summed E-state index contributed by atoms with van der Waals surface area (Å²) in [5.74, 6) is 1.05. The van der Waals surface area contributed by atoms with E-state index in [0.717, 1.165) is 5.56 Å². The lowest BCUT2D eigenvalue weighted by atomic mass is 10.2. The van der Waals surface area contributed by atoms with Gasteiger partial charge >= 0.3 is 0 Å². The van der Waals surface area contributed by atoms with Crippen molar-refractivity contribution >= 4 is 5.78 Å².